The average Bonchev–Trinajstić information content (AvgIpc) is 2.33. The second-order valence-corrected chi connectivity index (χ2v) is 4.85. The number of aliphatic hydroxyl groups excluding tert-OH is 1. The van der Waals surface area contributed by atoms with Crippen molar-refractivity contribution in [3.05, 3.63) is 35.1 Å². The summed E-state index contributed by atoms with van der Waals surface area (Å²) in [6.45, 7) is 1.74. The van der Waals surface area contributed by atoms with Crippen molar-refractivity contribution in [1.29, 1.82) is 0 Å². The van der Waals surface area contributed by atoms with Gasteiger partial charge in [0.1, 0.15) is 5.82 Å². The molecule has 1 nitrogen and oxygen atoms in total. The van der Waals surface area contributed by atoms with Crippen LogP contribution in [-0.4, -0.2) is 5.11 Å². The van der Waals surface area contributed by atoms with E-state index in [1.165, 1.54) is 25.3 Å². The first-order chi connectivity index (χ1) is 7.68. The van der Waals surface area contributed by atoms with Gasteiger partial charge in [-0.2, -0.15) is 0 Å². The SMILES string of the molecule is Cc1cc(C(O)C2CCCCC2)ccc1F. The van der Waals surface area contributed by atoms with Crippen LogP contribution in [0.15, 0.2) is 18.2 Å². The van der Waals surface area contributed by atoms with Gasteiger partial charge in [0.15, 0.2) is 0 Å². The molecule has 88 valence electrons. The molecule has 0 saturated heterocycles. The Morgan fingerprint density at radius 3 is 2.56 bits per heavy atom. The number of aliphatic hydroxyl groups is 1. The molecule has 1 aliphatic carbocycles. The summed E-state index contributed by atoms with van der Waals surface area (Å²) in [5, 5.41) is 10.2. The topological polar surface area (TPSA) is 20.2 Å². The molecule has 0 radical (unpaired) electrons. The quantitative estimate of drug-likeness (QED) is 0.808. The molecule has 1 atom stereocenters. The average molecular weight is 222 g/mol. The van der Waals surface area contributed by atoms with E-state index in [0.717, 1.165) is 18.4 Å². The minimum Gasteiger partial charge on any atom is -0.388 e. The molecule has 2 rings (SSSR count). The van der Waals surface area contributed by atoms with Crippen LogP contribution in [0.4, 0.5) is 4.39 Å². The molecule has 1 aliphatic rings. The molecule has 1 aromatic rings. The molecule has 1 N–H and O–H groups in total. The summed E-state index contributed by atoms with van der Waals surface area (Å²) in [5.41, 5.74) is 1.48. The highest BCUT2D eigenvalue weighted by atomic mass is 19.1. The fraction of sp³-hybridized carbons (Fsp3) is 0.571. The molecule has 16 heavy (non-hydrogen) atoms. The molecular formula is C14H19FO. The first-order valence-electron chi connectivity index (χ1n) is 6.12. The Kier molecular flexibility index (Phi) is 3.59. The zero-order valence-corrected chi connectivity index (χ0v) is 9.75. The summed E-state index contributed by atoms with van der Waals surface area (Å²) < 4.78 is 13.1. The van der Waals surface area contributed by atoms with Crippen LogP contribution in [-0.2, 0) is 0 Å². The van der Waals surface area contributed by atoms with E-state index in [-0.39, 0.29) is 5.82 Å². The van der Waals surface area contributed by atoms with Crippen LogP contribution in [0, 0.1) is 18.7 Å². The van der Waals surface area contributed by atoms with Crippen LogP contribution in [0.3, 0.4) is 0 Å². The molecule has 1 unspecified atom stereocenters. The van der Waals surface area contributed by atoms with Gasteiger partial charge in [-0.05, 0) is 42.9 Å². The molecule has 0 spiro atoms. The molecular weight excluding hydrogens is 203 g/mol. The van der Waals surface area contributed by atoms with E-state index >= 15 is 0 Å². The highest BCUT2D eigenvalue weighted by Crippen LogP contribution is 2.34. The van der Waals surface area contributed by atoms with E-state index < -0.39 is 6.10 Å². The number of halogens is 1. The normalized spacial score (nSPS) is 19.7. The maximum atomic E-state index is 13.1. The summed E-state index contributed by atoms with van der Waals surface area (Å²) in [7, 11) is 0. The maximum absolute atomic E-state index is 13.1. The van der Waals surface area contributed by atoms with E-state index in [1.807, 2.05) is 0 Å². The van der Waals surface area contributed by atoms with Crippen molar-refractivity contribution in [3.8, 4) is 0 Å². The minimum atomic E-state index is -0.417. The van der Waals surface area contributed by atoms with E-state index in [2.05, 4.69) is 0 Å². The van der Waals surface area contributed by atoms with Crippen LogP contribution >= 0.6 is 0 Å². The van der Waals surface area contributed by atoms with Gasteiger partial charge < -0.3 is 5.11 Å². The Hall–Kier alpha value is -0.890. The second kappa shape index (κ2) is 4.96. The number of rotatable bonds is 2. The van der Waals surface area contributed by atoms with Crippen molar-refractivity contribution in [1.82, 2.24) is 0 Å². The van der Waals surface area contributed by atoms with Gasteiger partial charge in [-0.15, -0.1) is 0 Å². The van der Waals surface area contributed by atoms with Crippen molar-refractivity contribution in [2.45, 2.75) is 45.1 Å². The fourth-order valence-electron chi connectivity index (χ4n) is 2.57. The standard InChI is InChI=1S/C14H19FO/c1-10-9-12(7-8-13(10)15)14(16)11-5-3-2-4-6-11/h7-9,11,14,16H,2-6H2,1H3. The Morgan fingerprint density at radius 1 is 1.25 bits per heavy atom. The lowest BCUT2D eigenvalue weighted by atomic mass is 9.82. The summed E-state index contributed by atoms with van der Waals surface area (Å²) in [5.74, 6) is 0.165. The largest absolute Gasteiger partial charge is 0.388 e. The van der Waals surface area contributed by atoms with Crippen molar-refractivity contribution >= 4 is 0 Å². The van der Waals surface area contributed by atoms with Crippen LogP contribution < -0.4 is 0 Å². The van der Waals surface area contributed by atoms with Crippen molar-refractivity contribution in [2.75, 3.05) is 0 Å². The molecule has 0 heterocycles. The maximum Gasteiger partial charge on any atom is 0.126 e. The van der Waals surface area contributed by atoms with Gasteiger partial charge in [-0.3, -0.25) is 0 Å². The highest BCUT2D eigenvalue weighted by Gasteiger charge is 2.23. The first kappa shape index (κ1) is 11.6. The van der Waals surface area contributed by atoms with E-state index in [0.29, 0.717) is 11.5 Å². The van der Waals surface area contributed by atoms with Crippen LogP contribution in [0.25, 0.3) is 0 Å². The Morgan fingerprint density at radius 2 is 1.94 bits per heavy atom. The summed E-state index contributed by atoms with van der Waals surface area (Å²) in [6, 6.07) is 4.94. The molecule has 0 aromatic heterocycles. The zero-order valence-electron chi connectivity index (χ0n) is 9.75. The van der Waals surface area contributed by atoms with Gasteiger partial charge in [-0.25, -0.2) is 4.39 Å². The molecule has 1 fully saturated rings. The third-order valence-corrected chi connectivity index (χ3v) is 3.62. The van der Waals surface area contributed by atoms with Gasteiger partial charge in [0.05, 0.1) is 6.10 Å². The van der Waals surface area contributed by atoms with Gasteiger partial charge in [0.25, 0.3) is 0 Å². The Labute approximate surface area is 96.3 Å². The van der Waals surface area contributed by atoms with E-state index in [4.69, 9.17) is 0 Å². The number of aryl methyl sites for hydroxylation is 1. The summed E-state index contributed by atoms with van der Waals surface area (Å²) >= 11 is 0. The molecule has 2 heteroatoms. The van der Waals surface area contributed by atoms with Crippen molar-refractivity contribution in [2.24, 2.45) is 5.92 Å². The van der Waals surface area contributed by atoms with Gasteiger partial charge >= 0.3 is 0 Å². The predicted octanol–water partition coefficient (Wildman–Crippen LogP) is 3.75. The Balaban J connectivity index is 2.12. The lowest BCUT2D eigenvalue weighted by Crippen LogP contribution is -2.16. The number of benzene rings is 1. The monoisotopic (exact) mass is 222 g/mol. The summed E-state index contributed by atoms with van der Waals surface area (Å²) in [4.78, 5) is 0. The minimum absolute atomic E-state index is 0.195. The molecule has 1 aromatic carbocycles. The van der Waals surface area contributed by atoms with Gasteiger partial charge in [0, 0.05) is 0 Å². The van der Waals surface area contributed by atoms with Crippen molar-refractivity contribution < 1.29 is 9.50 Å². The van der Waals surface area contributed by atoms with E-state index in [1.54, 1.807) is 19.1 Å². The lowest BCUT2D eigenvalue weighted by Gasteiger charge is -2.27. The zero-order chi connectivity index (χ0) is 11.5. The number of hydrogen-bond donors (Lipinski definition) is 1. The van der Waals surface area contributed by atoms with Gasteiger partial charge in [-0.1, -0.05) is 31.4 Å². The lowest BCUT2D eigenvalue weighted by molar-refractivity contribution is 0.0847. The van der Waals surface area contributed by atoms with Crippen LogP contribution in [0.1, 0.15) is 49.3 Å². The summed E-state index contributed by atoms with van der Waals surface area (Å²) in [6.07, 6.45) is 5.48. The molecule has 0 aliphatic heterocycles. The highest BCUT2D eigenvalue weighted by molar-refractivity contribution is 5.26. The Bertz CT molecular complexity index is 356. The molecule has 1 saturated carbocycles. The van der Waals surface area contributed by atoms with Crippen molar-refractivity contribution in [3.63, 3.8) is 0 Å². The third-order valence-electron chi connectivity index (χ3n) is 3.62. The molecule has 0 bridgehead atoms. The second-order valence-electron chi connectivity index (χ2n) is 4.85. The van der Waals surface area contributed by atoms with Gasteiger partial charge in [0.2, 0.25) is 0 Å². The molecule has 0 amide bonds. The van der Waals surface area contributed by atoms with Crippen LogP contribution in [0.5, 0.6) is 0 Å². The smallest absolute Gasteiger partial charge is 0.126 e. The third kappa shape index (κ3) is 2.43. The number of hydrogen-bond acceptors (Lipinski definition) is 1. The predicted molar refractivity (Wildman–Crippen MR) is 62.7 cm³/mol. The van der Waals surface area contributed by atoms with Crippen LogP contribution in [0.2, 0.25) is 0 Å². The van der Waals surface area contributed by atoms with E-state index in [9.17, 15) is 9.50 Å². The fourth-order valence-corrected chi connectivity index (χ4v) is 2.57. The first-order valence-corrected chi connectivity index (χ1v) is 6.12.